The molecule has 0 bridgehead atoms. The molecule has 0 fully saturated rings. The first kappa shape index (κ1) is 18.5. The van der Waals surface area contributed by atoms with E-state index in [1.807, 2.05) is 42.5 Å². The summed E-state index contributed by atoms with van der Waals surface area (Å²) < 4.78 is 5.11. The van der Waals surface area contributed by atoms with Crippen molar-refractivity contribution in [2.45, 2.75) is 13.8 Å². The van der Waals surface area contributed by atoms with Gasteiger partial charge in [-0.15, -0.1) is 0 Å². The average molecular weight is 335 g/mol. The molecule has 0 saturated heterocycles. The number of benzene rings is 2. The minimum Gasteiger partial charge on any atom is -0.497 e. The number of hydrogen-bond acceptors (Lipinski definition) is 3. The van der Waals surface area contributed by atoms with Crippen LogP contribution in [0.15, 0.2) is 60.7 Å². The lowest BCUT2D eigenvalue weighted by Gasteiger charge is -2.20. The monoisotopic (exact) mass is 335 g/mol. The maximum absolute atomic E-state index is 12.0. The Bertz CT molecular complexity index is 724. The maximum atomic E-state index is 12.0. The fraction of sp³-hybridized carbons (Fsp3) is 0.227. The summed E-state index contributed by atoms with van der Waals surface area (Å²) in [6, 6.07) is 15.8. The molecule has 0 amide bonds. The number of methoxy groups -OCH3 is 1. The summed E-state index contributed by atoms with van der Waals surface area (Å²) in [6.45, 7) is 6.26. The van der Waals surface area contributed by atoms with E-state index in [9.17, 15) is 4.79 Å². The Balaban J connectivity index is 1.96. The average Bonchev–Trinajstić information content (AvgIpc) is 2.67. The van der Waals surface area contributed by atoms with Crippen molar-refractivity contribution in [2.75, 3.05) is 25.1 Å². The van der Waals surface area contributed by atoms with Gasteiger partial charge < -0.3 is 9.64 Å². The van der Waals surface area contributed by atoms with Crippen molar-refractivity contribution >= 4 is 23.6 Å². The minimum absolute atomic E-state index is 0.0383. The third-order valence-corrected chi connectivity index (χ3v) is 4.02. The first-order valence-electron chi connectivity index (χ1n) is 8.55. The highest BCUT2D eigenvalue weighted by molar-refractivity contribution is 6.04. The predicted molar refractivity (Wildman–Crippen MR) is 106 cm³/mol. The van der Waals surface area contributed by atoms with Crippen LogP contribution < -0.4 is 9.64 Å². The molecule has 2 aromatic rings. The molecule has 0 aliphatic rings. The first-order valence-corrected chi connectivity index (χ1v) is 8.55. The van der Waals surface area contributed by atoms with Crippen molar-refractivity contribution in [1.82, 2.24) is 0 Å². The zero-order valence-electron chi connectivity index (χ0n) is 15.1. The third-order valence-electron chi connectivity index (χ3n) is 4.02. The van der Waals surface area contributed by atoms with Crippen molar-refractivity contribution in [3.05, 3.63) is 71.8 Å². The smallest absolute Gasteiger partial charge is 0.178 e. The second kappa shape index (κ2) is 9.48. The van der Waals surface area contributed by atoms with Crippen LogP contribution in [0.4, 0.5) is 5.69 Å². The number of ether oxygens (including phenoxy) is 1. The van der Waals surface area contributed by atoms with Crippen LogP contribution in [-0.4, -0.2) is 26.0 Å². The van der Waals surface area contributed by atoms with E-state index in [4.69, 9.17) is 4.74 Å². The summed E-state index contributed by atoms with van der Waals surface area (Å²) in [5.41, 5.74) is 3.18. The standard InChI is InChI=1S/C22H25NO2/c1-4-23(5-2)20-12-6-18(7-13-20)8-14-21(24)15-9-19-10-16-22(25-3)17-11-19/h6-17H,4-5H2,1-3H3. The molecule has 0 atom stereocenters. The molecule has 130 valence electrons. The number of nitrogens with zero attached hydrogens (tertiary/aromatic N) is 1. The van der Waals surface area contributed by atoms with E-state index in [0.717, 1.165) is 30.0 Å². The highest BCUT2D eigenvalue weighted by atomic mass is 16.5. The van der Waals surface area contributed by atoms with E-state index in [1.165, 1.54) is 5.69 Å². The molecule has 3 heteroatoms. The van der Waals surface area contributed by atoms with Crippen molar-refractivity contribution in [3.8, 4) is 5.75 Å². The Labute approximate surface area is 150 Å². The normalized spacial score (nSPS) is 11.2. The lowest BCUT2D eigenvalue weighted by atomic mass is 10.1. The van der Waals surface area contributed by atoms with Crippen LogP contribution in [0, 0.1) is 0 Å². The molecule has 0 spiro atoms. The van der Waals surface area contributed by atoms with Gasteiger partial charge in [-0.3, -0.25) is 4.79 Å². The molecular weight excluding hydrogens is 310 g/mol. The largest absolute Gasteiger partial charge is 0.497 e. The van der Waals surface area contributed by atoms with Crippen LogP contribution in [0.5, 0.6) is 5.75 Å². The number of carbonyl (C=O) groups is 1. The highest BCUT2D eigenvalue weighted by Crippen LogP contribution is 2.16. The summed E-state index contributed by atoms with van der Waals surface area (Å²) in [7, 11) is 1.63. The van der Waals surface area contributed by atoms with Crippen LogP contribution in [0.25, 0.3) is 12.2 Å². The highest BCUT2D eigenvalue weighted by Gasteiger charge is 2.00. The van der Waals surface area contributed by atoms with E-state index in [0.29, 0.717) is 0 Å². The van der Waals surface area contributed by atoms with Gasteiger partial charge in [-0.1, -0.05) is 36.4 Å². The van der Waals surface area contributed by atoms with Gasteiger partial charge in [0.1, 0.15) is 5.75 Å². The van der Waals surface area contributed by atoms with Gasteiger partial charge in [0, 0.05) is 18.8 Å². The fourth-order valence-corrected chi connectivity index (χ4v) is 2.51. The van der Waals surface area contributed by atoms with Crippen LogP contribution in [0.2, 0.25) is 0 Å². The Morgan fingerprint density at radius 3 is 1.80 bits per heavy atom. The molecule has 0 heterocycles. The molecule has 0 aromatic heterocycles. The molecule has 0 aliphatic carbocycles. The lowest BCUT2D eigenvalue weighted by Crippen LogP contribution is -2.21. The van der Waals surface area contributed by atoms with E-state index < -0.39 is 0 Å². The summed E-state index contributed by atoms with van der Waals surface area (Å²) in [4.78, 5) is 14.3. The molecule has 25 heavy (non-hydrogen) atoms. The number of ketones is 1. The lowest BCUT2D eigenvalue weighted by molar-refractivity contribution is -0.110. The van der Waals surface area contributed by atoms with Crippen LogP contribution in [-0.2, 0) is 4.79 Å². The molecule has 0 aliphatic heterocycles. The zero-order chi connectivity index (χ0) is 18.1. The summed E-state index contributed by atoms with van der Waals surface area (Å²) in [6.07, 6.45) is 6.80. The molecule has 0 unspecified atom stereocenters. The number of allylic oxidation sites excluding steroid dienone is 2. The Morgan fingerprint density at radius 1 is 0.880 bits per heavy atom. The quantitative estimate of drug-likeness (QED) is 0.647. The third kappa shape index (κ3) is 5.64. The minimum atomic E-state index is -0.0383. The number of rotatable bonds is 8. The number of hydrogen-bond donors (Lipinski definition) is 0. The Hall–Kier alpha value is -2.81. The summed E-state index contributed by atoms with van der Waals surface area (Å²) in [5, 5.41) is 0. The van der Waals surface area contributed by atoms with Crippen LogP contribution in [0.3, 0.4) is 0 Å². The SMILES string of the molecule is CCN(CC)c1ccc(C=CC(=O)C=Cc2ccc(OC)cc2)cc1. The summed E-state index contributed by atoms with van der Waals surface area (Å²) in [5.74, 6) is 0.764. The number of carbonyl (C=O) groups excluding carboxylic acids is 1. The van der Waals surface area contributed by atoms with Gasteiger partial charge in [0.05, 0.1) is 7.11 Å². The summed E-state index contributed by atoms with van der Waals surface area (Å²) >= 11 is 0. The van der Waals surface area contributed by atoms with E-state index in [1.54, 1.807) is 25.3 Å². The van der Waals surface area contributed by atoms with Gasteiger partial charge in [-0.05, 0) is 61.4 Å². The number of anilines is 1. The Morgan fingerprint density at radius 2 is 1.36 bits per heavy atom. The molecule has 0 saturated carbocycles. The molecule has 0 radical (unpaired) electrons. The van der Waals surface area contributed by atoms with Gasteiger partial charge in [0.15, 0.2) is 5.78 Å². The first-order chi connectivity index (χ1) is 12.2. The molecule has 2 aromatic carbocycles. The van der Waals surface area contributed by atoms with Gasteiger partial charge in [0.2, 0.25) is 0 Å². The second-order valence-electron chi connectivity index (χ2n) is 5.61. The van der Waals surface area contributed by atoms with E-state index in [-0.39, 0.29) is 5.78 Å². The van der Waals surface area contributed by atoms with Crippen molar-refractivity contribution in [3.63, 3.8) is 0 Å². The van der Waals surface area contributed by atoms with Gasteiger partial charge in [-0.25, -0.2) is 0 Å². The molecule has 2 rings (SSSR count). The maximum Gasteiger partial charge on any atom is 0.178 e. The van der Waals surface area contributed by atoms with Crippen LogP contribution >= 0.6 is 0 Å². The zero-order valence-corrected chi connectivity index (χ0v) is 15.1. The predicted octanol–water partition coefficient (Wildman–Crippen LogP) is 4.84. The van der Waals surface area contributed by atoms with Crippen molar-refractivity contribution in [1.29, 1.82) is 0 Å². The topological polar surface area (TPSA) is 29.5 Å². The fourth-order valence-electron chi connectivity index (χ4n) is 2.51. The van der Waals surface area contributed by atoms with Gasteiger partial charge in [0.25, 0.3) is 0 Å². The molecule has 3 nitrogen and oxygen atoms in total. The van der Waals surface area contributed by atoms with Crippen molar-refractivity contribution < 1.29 is 9.53 Å². The van der Waals surface area contributed by atoms with Crippen molar-refractivity contribution in [2.24, 2.45) is 0 Å². The second-order valence-corrected chi connectivity index (χ2v) is 5.61. The van der Waals surface area contributed by atoms with Gasteiger partial charge >= 0.3 is 0 Å². The van der Waals surface area contributed by atoms with Gasteiger partial charge in [-0.2, -0.15) is 0 Å². The van der Waals surface area contributed by atoms with E-state index in [2.05, 4.69) is 30.9 Å². The molecule has 0 N–H and O–H groups in total. The Kier molecular flexibility index (Phi) is 7.02. The van der Waals surface area contributed by atoms with E-state index >= 15 is 0 Å². The molecular formula is C22H25NO2. The van der Waals surface area contributed by atoms with Crippen LogP contribution in [0.1, 0.15) is 25.0 Å².